The lowest BCUT2D eigenvalue weighted by Gasteiger charge is -2.10. The van der Waals surface area contributed by atoms with Gasteiger partial charge in [-0.05, 0) is 80.4 Å². The Labute approximate surface area is 199 Å². The number of esters is 1. The number of carbonyl (C=O) groups excluding carboxylic acids is 2. The lowest BCUT2D eigenvalue weighted by atomic mass is 10.1. The van der Waals surface area contributed by atoms with Gasteiger partial charge in [0.15, 0.2) is 0 Å². The quantitative estimate of drug-likeness (QED) is 0.305. The van der Waals surface area contributed by atoms with Crippen molar-refractivity contribution in [3.8, 4) is 17.5 Å². The van der Waals surface area contributed by atoms with E-state index in [0.717, 1.165) is 34.0 Å². The second kappa shape index (κ2) is 11.0. The maximum absolute atomic E-state index is 12.6. The van der Waals surface area contributed by atoms with Crippen molar-refractivity contribution in [3.63, 3.8) is 0 Å². The normalized spacial score (nSPS) is 11.0. The molecule has 0 radical (unpaired) electrons. The molecule has 0 aliphatic carbocycles. The molecule has 174 valence electrons. The second-order valence-corrected chi connectivity index (χ2v) is 7.63. The van der Waals surface area contributed by atoms with E-state index in [1.165, 1.54) is 0 Å². The highest BCUT2D eigenvalue weighted by atomic mass is 16.5. The van der Waals surface area contributed by atoms with Crippen LogP contribution in [0.2, 0.25) is 0 Å². The summed E-state index contributed by atoms with van der Waals surface area (Å²) in [5.41, 5.74) is 4.84. The van der Waals surface area contributed by atoms with E-state index < -0.39 is 5.91 Å². The Hall–Kier alpha value is -4.31. The van der Waals surface area contributed by atoms with Gasteiger partial charge in [-0.25, -0.2) is 4.79 Å². The summed E-state index contributed by atoms with van der Waals surface area (Å²) in [6, 6.07) is 18.4. The van der Waals surface area contributed by atoms with Crippen LogP contribution in [0.25, 0.3) is 11.8 Å². The number of hydrogen-bond donors (Lipinski definition) is 1. The van der Waals surface area contributed by atoms with Crippen molar-refractivity contribution >= 4 is 18.0 Å². The van der Waals surface area contributed by atoms with Gasteiger partial charge in [-0.2, -0.15) is 5.26 Å². The minimum absolute atomic E-state index is 0.0198. The predicted octanol–water partition coefficient (Wildman–Crippen LogP) is 4.50. The average Bonchev–Trinajstić information content (AvgIpc) is 3.13. The van der Waals surface area contributed by atoms with Gasteiger partial charge < -0.3 is 19.4 Å². The van der Waals surface area contributed by atoms with Crippen LogP contribution in [-0.2, 0) is 16.1 Å². The van der Waals surface area contributed by atoms with E-state index in [1.807, 2.05) is 66.9 Å². The van der Waals surface area contributed by atoms with Crippen molar-refractivity contribution in [2.75, 3.05) is 13.7 Å². The van der Waals surface area contributed by atoms with Gasteiger partial charge in [0.1, 0.15) is 17.4 Å². The minimum atomic E-state index is -0.443. The summed E-state index contributed by atoms with van der Waals surface area (Å²) in [5.74, 6) is -0.0709. The molecule has 3 rings (SSSR count). The first-order valence-corrected chi connectivity index (χ1v) is 10.9. The Balaban J connectivity index is 1.79. The average molecular weight is 458 g/mol. The maximum atomic E-state index is 12.6. The number of rotatable bonds is 8. The fraction of sp³-hybridized carbons (Fsp3) is 0.222. The molecule has 1 amide bonds. The third-order valence-electron chi connectivity index (χ3n) is 5.38. The first-order chi connectivity index (χ1) is 16.4. The van der Waals surface area contributed by atoms with Crippen molar-refractivity contribution in [2.45, 2.75) is 27.3 Å². The molecule has 34 heavy (non-hydrogen) atoms. The smallest absolute Gasteiger partial charge is 0.338 e. The van der Waals surface area contributed by atoms with E-state index in [1.54, 1.807) is 32.2 Å². The van der Waals surface area contributed by atoms with E-state index in [9.17, 15) is 14.9 Å². The number of aryl methyl sites for hydroxylation is 1. The first-order valence-electron chi connectivity index (χ1n) is 10.9. The number of amides is 1. The zero-order chi connectivity index (χ0) is 24.7. The number of carbonyl (C=O) groups is 2. The Morgan fingerprint density at radius 3 is 2.35 bits per heavy atom. The standard InChI is InChI=1S/C27H27N3O4/c1-5-34-27(32)21-8-10-24(11-9-21)30-18(2)14-22(19(30)3)15-23(16-28)26(31)29-17-20-6-12-25(33-4)13-7-20/h6-15H,5,17H2,1-4H3,(H,29,31)/b23-15-. The van der Waals surface area contributed by atoms with Gasteiger partial charge in [-0.1, -0.05) is 12.1 Å². The summed E-state index contributed by atoms with van der Waals surface area (Å²) in [7, 11) is 1.59. The molecule has 2 aromatic carbocycles. The molecule has 0 atom stereocenters. The summed E-state index contributed by atoms with van der Waals surface area (Å²) in [6.07, 6.45) is 1.59. The summed E-state index contributed by atoms with van der Waals surface area (Å²) < 4.78 is 12.2. The molecule has 0 unspecified atom stereocenters. The predicted molar refractivity (Wildman–Crippen MR) is 130 cm³/mol. The van der Waals surface area contributed by atoms with Crippen molar-refractivity contribution < 1.29 is 19.1 Å². The lowest BCUT2D eigenvalue weighted by molar-refractivity contribution is -0.117. The number of nitrogens with zero attached hydrogens (tertiary/aromatic N) is 2. The van der Waals surface area contributed by atoms with Gasteiger partial charge >= 0.3 is 5.97 Å². The first kappa shape index (κ1) is 24.3. The molecule has 0 fully saturated rings. The number of hydrogen-bond acceptors (Lipinski definition) is 5. The van der Waals surface area contributed by atoms with Crippen LogP contribution in [0.1, 0.15) is 39.8 Å². The number of ether oxygens (including phenoxy) is 2. The fourth-order valence-electron chi connectivity index (χ4n) is 3.62. The van der Waals surface area contributed by atoms with Crippen molar-refractivity contribution in [1.29, 1.82) is 5.26 Å². The minimum Gasteiger partial charge on any atom is -0.497 e. The van der Waals surface area contributed by atoms with Crippen molar-refractivity contribution in [3.05, 3.63) is 88.2 Å². The van der Waals surface area contributed by atoms with E-state index in [0.29, 0.717) is 18.7 Å². The lowest BCUT2D eigenvalue weighted by Crippen LogP contribution is -2.23. The number of methoxy groups -OCH3 is 1. The Bertz CT molecular complexity index is 1250. The Morgan fingerprint density at radius 1 is 1.09 bits per heavy atom. The summed E-state index contributed by atoms with van der Waals surface area (Å²) in [5, 5.41) is 12.4. The fourth-order valence-corrected chi connectivity index (χ4v) is 3.62. The van der Waals surface area contributed by atoms with Crippen LogP contribution in [-0.4, -0.2) is 30.2 Å². The van der Waals surface area contributed by atoms with Crippen LogP contribution in [0.4, 0.5) is 0 Å². The Morgan fingerprint density at radius 2 is 1.76 bits per heavy atom. The maximum Gasteiger partial charge on any atom is 0.338 e. The Kier molecular flexibility index (Phi) is 7.88. The third-order valence-corrected chi connectivity index (χ3v) is 5.38. The number of nitriles is 1. The second-order valence-electron chi connectivity index (χ2n) is 7.63. The van der Waals surface area contributed by atoms with Crippen LogP contribution in [0, 0.1) is 25.2 Å². The molecule has 7 heteroatoms. The highest BCUT2D eigenvalue weighted by Gasteiger charge is 2.14. The van der Waals surface area contributed by atoms with Crippen LogP contribution >= 0.6 is 0 Å². The molecule has 0 bridgehead atoms. The summed E-state index contributed by atoms with van der Waals surface area (Å²) in [4.78, 5) is 24.5. The number of nitrogens with one attached hydrogen (secondary N) is 1. The van der Waals surface area contributed by atoms with Crippen molar-refractivity contribution in [1.82, 2.24) is 9.88 Å². The van der Waals surface area contributed by atoms with E-state index in [4.69, 9.17) is 9.47 Å². The molecular formula is C27H27N3O4. The molecule has 7 nitrogen and oxygen atoms in total. The summed E-state index contributed by atoms with van der Waals surface area (Å²) >= 11 is 0. The van der Waals surface area contributed by atoms with E-state index in [2.05, 4.69) is 5.32 Å². The van der Waals surface area contributed by atoms with E-state index >= 15 is 0 Å². The topological polar surface area (TPSA) is 93.4 Å². The number of benzene rings is 2. The molecular weight excluding hydrogens is 430 g/mol. The van der Waals surface area contributed by atoms with Crippen LogP contribution in [0.5, 0.6) is 5.75 Å². The zero-order valence-electron chi connectivity index (χ0n) is 19.7. The van der Waals surface area contributed by atoms with Crippen LogP contribution < -0.4 is 10.1 Å². The molecule has 0 saturated carbocycles. The monoisotopic (exact) mass is 457 g/mol. The van der Waals surface area contributed by atoms with Crippen LogP contribution in [0.3, 0.4) is 0 Å². The molecule has 0 aliphatic heterocycles. The molecule has 1 N–H and O–H groups in total. The highest BCUT2D eigenvalue weighted by Crippen LogP contribution is 2.23. The molecule has 1 aromatic heterocycles. The molecule has 3 aromatic rings. The van der Waals surface area contributed by atoms with E-state index in [-0.39, 0.29) is 11.5 Å². The summed E-state index contributed by atoms with van der Waals surface area (Å²) in [6.45, 7) is 6.25. The number of aromatic nitrogens is 1. The molecule has 1 heterocycles. The largest absolute Gasteiger partial charge is 0.497 e. The SMILES string of the molecule is CCOC(=O)c1ccc(-n2c(C)cc(/C=C(/C#N)C(=O)NCc3ccc(OC)cc3)c2C)cc1. The van der Waals surface area contributed by atoms with Crippen LogP contribution in [0.15, 0.2) is 60.2 Å². The van der Waals surface area contributed by atoms with Gasteiger partial charge in [0.25, 0.3) is 5.91 Å². The van der Waals surface area contributed by atoms with Gasteiger partial charge in [-0.3, -0.25) is 4.79 Å². The molecule has 0 aliphatic rings. The molecule has 0 saturated heterocycles. The van der Waals surface area contributed by atoms with Crippen molar-refractivity contribution in [2.24, 2.45) is 0 Å². The van der Waals surface area contributed by atoms with Gasteiger partial charge in [0.2, 0.25) is 0 Å². The zero-order valence-corrected chi connectivity index (χ0v) is 19.7. The van der Waals surface area contributed by atoms with Gasteiger partial charge in [0.05, 0.1) is 19.3 Å². The molecule has 0 spiro atoms. The third kappa shape index (κ3) is 5.54. The van der Waals surface area contributed by atoms with Gasteiger partial charge in [-0.15, -0.1) is 0 Å². The highest BCUT2D eigenvalue weighted by molar-refractivity contribution is 6.01. The van der Waals surface area contributed by atoms with Gasteiger partial charge in [0, 0.05) is 23.6 Å².